The van der Waals surface area contributed by atoms with Gasteiger partial charge in [-0.15, -0.1) is 0 Å². The molecule has 0 aliphatic carbocycles. The molecular weight excluding hydrogens is 360 g/mol. The SMILES string of the molecule is Cc1nc(C(=O)NC2CCN(c3ncccn3)CC2)c(N)nc1-c1ncco1. The van der Waals surface area contributed by atoms with Crippen molar-refractivity contribution in [3.63, 3.8) is 0 Å². The third-order valence-electron chi connectivity index (χ3n) is 4.61. The molecule has 0 atom stereocenters. The van der Waals surface area contributed by atoms with Crippen molar-refractivity contribution in [3.8, 4) is 11.6 Å². The number of aryl methyl sites for hydroxylation is 1. The van der Waals surface area contributed by atoms with E-state index in [2.05, 4.69) is 35.1 Å². The fourth-order valence-corrected chi connectivity index (χ4v) is 3.17. The van der Waals surface area contributed by atoms with E-state index in [0.29, 0.717) is 23.2 Å². The van der Waals surface area contributed by atoms with E-state index >= 15 is 0 Å². The number of anilines is 2. The molecular formula is C18H20N8O2. The van der Waals surface area contributed by atoms with E-state index in [9.17, 15) is 4.79 Å². The Hall–Kier alpha value is -3.56. The minimum absolute atomic E-state index is 0.0281. The molecule has 1 aliphatic rings. The van der Waals surface area contributed by atoms with Gasteiger partial charge < -0.3 is 20.4 Å². The molecule has 10 heteroatoms. The zero-order valence-corrected chi connectivity index (χ0v) is 15.4. The molecule has 28 heavy (non-hydrogen) atoms. The monoisotopic (exact) mass is 380 g/mol. The lowest BCUT2D eigenvalue weighted by atomic mass is 10.1. The fourth-order valence-electron chi connectivity index (χ4n) is 3.17. The summed E-state index contributed by atoms with van der Waals surface area (Å²) in [5, 5.41) is 3.00. The smallest absolute Gasteiger partial charge is 0.273 e. The van der Waals surface area contributed by atoms with Gasteiger partial charge in [0.25, 0.3) is 5.91 Å². The largest absolute Gasteiger partial charge is 0.443 e. The van der Waals surface area contributed by atoms with E-state index in [1.54, 1.807) is 25.4 Å². The molecule has 0 unspecified atom stereocenters. The molecule has 4 heterocycles. The fraction of sp³-hybridized carbons (Fsp3) is 0.333. The first-order valence-electron chi connectivity index (χ1n) is 8.98. The van der Waals surface area contributed by atoms with Crippen LogP contribution in [0.4, 0.5) is 11.8 Å². The van der Waals surface area contributed by atoms with Gasteiger partial charge in [-0.3, -0.25) is 4.79 Å². The van der Waals surface area contributed by atoms with Crippen LogP contribution in [-0.2, 0) is 0 Å². The number of nitrogens with zero attached hydrogens (tertiary/aromatic N) is 6. The van der Waals surface area contributed by atoms with Crippen molar-refractivity contribution in [1.29, 1.82) is 0 Å². The van der Waals surface area contributed by atoms with Crippen LogP contribution in [0.5, 0.6) is 0 Å². The second-order valence-electron chi connectivity index (χ2n) is 6.51. The van der Waals surface area contributed by atoms with Gasteiger partial charge >= 0.3 is 0 Å². The summed E-state index contributed by atoms with van der Waals surface area (Å²) in [4.78, 5) is 35.9. The predicted octanol–water partition coefficient (Wildman–Crippen LogP) is 1.21. The van der Waals surface area contributed by atoms with Gasteiger partial charge in [-0.1, -0.05) is 0 Å². The summed E-state index contributed by atoms with van der Waals surface area (Å²) in [6.07, 6.45) is 7.97. The molecule has 3 N–H and O–H groups in total. The summed E-state index contributed by atoms with van der Waals surface area (Å²) in [5.41, 5.74) is 7.04. The Morgan fingerprint density at radius 1 is 1.18 bits per heavy atom. The Morgan fingerprint density at radius 3 is 2.61 bits per heavy atom. The Morgan fingerprint density at radius 2 is 1.93 bits per heavy atom. The number of aromatic nitrogens is 5. The molecule has 4 rings (SSSR count). The number of amides is 1. The van der Waals surface area contributed by atoms with Crippen LogP contribution in [0.15, 0.2) is 35.3 Å². The van der Waals surface area contributed by atoms with E-state index in [1.165, 1.54) is 12.5 Å². The zero-order valence-electron chi connectivity index (χ0n) is 15.4. The van der Waals surface area contributed by atoms with Crippen molar-refractivity contribution in [2.75, 3.05) is 23.7 Å². The van der Waals surface area contributed by atoms with Crippen molar-refractivity contribution < 1.29 is 9.21 Å². The maximum atomic E-state index is 12.7. The van der Waals surface area contributed by atoms with Crippen LogP contribution in [0.3, 0.4) is 0 Å². The summed E-state index contributed by atoms with van der Waals surface area (Å²) in [7, 11) is 0. The van der Waals surface area contributed by atoms with Crippen LogP contribution in [0.1, 0.15) is 29.0 Å². The maximum absolute atomic E-state index is 12.7. The molecule has 10 nitrogen and oxygen atoms in total. The minimum Gasteiger partial charge on any atom is -0.443 e. The molecule has 0 bridgehead atoms. The highest BCUT2D eigenvalue weighted by Gasteiger charge is 2.25. The first kappa shape index (κ1) is 17.8. The van der Waals surface area contributed by atoms with Crippen molar-refractivity contribution in [2.45, 2.75) is 25.8 Å². The van der Waals surface area contributed by atoms with Crippen molar-refractivity contribution >= 4 is 17.7 Å². The number of carbonyl (C=O) groups is 1. The van der Waals surface area contributed by atoms with Gasteiger partial charge in [-0.05, 0) is 25.8 Å². The normalized spacial score (nSPS) is 14.8. The van der Waals surface area contributed by atoms with Gasteiger partial charge in [0.15, 0.2) is 11.5 Å². The van der Waals surface area contributed by atoms with Gasteiger partial charge in [0.2, 0.25) is 11.8 Å². The van der Waals surface area contributed by atoms with E-state index in [0.717, 1.165) is 25.9 Å². The predicted molar refractivity (Wildman–Crippen MR) is 101 cm³/mol. The molecule has 1 aliphatic heterocycles. The van der Waals surface area contributed by atoms with Crippen LogP contribution in [0.2, 0.25) is 0 Å². The lowest BCUT2D eigenvalue weighted by Crippen LogP contribution is -2.45. The number of nitrogens with two attached hydrogens (primary N) is 1. The summed E-state index contributed by atoms with van der Waals surface area (Å²) >= 11 is 0. The first-order chi connectivity index (χ1) is 13.6. The van der Waals surface area contributed by atoms with Crippen molar-refractivity contribution in [1.82, 2.24) is 30.2 Å². The Balaban J connectivity index is 1.41. The van der Waals surface area contributed by atoms with E-state index < -0.39 is 0 Å². The highest BCUT2D eigenvalue weighted by Crippen LogP contribution is 2.21. The van der Waals surface area contributed by atoms with Gasteiger partial charge in [-0.25, -0.2) is 24.9 Å². The molecule has 1 amide bonds. The minimum atomic E-state index is -0.332. The van der Waals surface area contributed by atoms with Gasteiger partial charge in [0, 0.05) is 31.5 Å². The quantitative estimate of drug-likeness (QED) is 0.684. The lowest BCUT2D eigenvalue weighted by Gasteiger charge is -2.32. The molecule has 0 radical (unpaired) electrons. The third kappa shape index (κ3) is 3.61. The van der Waals surface area contributed by atoms with Gasteiger partial charge in [-0.2, -0.15) is 0 Å². The summed E-state index contributed by atoms with van der Waals surface area (Å²) in [6, 6.07) is 1.82. The number of hydrogen-bond acceptors (Lipinski definition) is 9. The lowest BCUT2D eigenvalue weighted by molar-refractivity contribution is 0.0926. The molecule has 0 spiro atoms. The molecule has 3 aromatic heterocycles. The number of nitrogens with one attached hydrogen (secondary N) is 1. The Labute approximate surface area is 161 Å². The summed E-state index contributed by atoms with van der Waals surface area (Å²) < 4.78 is 5.24. The van der Waals surface area contributed by atoms with E-state index in [1.807, 2.05) is 0 Å². The Kier molecular flexibility index (Phi) is 4.83. The second-order valence-corrected chi connectivity index (χ2v) is 6.51. The van der Waals surface area contributed by atoms with Crippen LogP contribution < -0.4 is 16.0 Å². The van der Waals surface area contributed by atoms with Crippen LogP contribution in [0, 0.1) is 6.92 Å². The van der Waals surface area contributed by atoms with Crippen LogP contribution in [-0.4, -0.2) is 50.0 Å². The number of rotatable bonds is 4. The van der Waals surface area contributed by atoms with E-state index in [4.69, 9.17) is 10.2 Å². The number of oxazole rings is 1. The standard InChI is InChI=1S/C18H20N8O2/c1-11-13(17-20-7-10-28-17)25-15(19)14(23-11)16(27)24-12-3-8-26(9-4-12)18-21-5-2-6-22-18/h2,5-7,10,12H,3-4,8-9H2,1H3,(H2,19,25)(H,24,27). The van der Waals surface area contributed by atoms with Crippen LogP contribution >= 0.6 is 0 Å². The number of carbonyl (C=O) groups excluding carboxylic acids is 1. The zero-order chi connectivity index (χ0) is 19.5. The topological polar surface area (TPSA) is 136 Å². The Bertz CT molecular complexity index is 953. The van der Waals surface area contributed by atoms with Crippen LogP contribution in [0.25, 0.3) is 11.6 Å². The molecule has 0 aromatic carbocycles. The second kappa shape index (κ2) is 7.59. The van der Waals surface area contributed by atoms with Crippen molar-refractivity contribution in [3.05, 3.63) is 42.3 Å². The number of piperidine rings is 1. The summed E-state index contributed by atoms with van der Waals surface area (Å²) in [6.45, 7) is 3.26. The average Bonchev–Trinajstić information content (AvgIpc) is 3.25. The molecule has 144 valence electrons. The molecule has 1 saturated heterocycles. The highest BCUT2D eigenvalue weighted by atomic mass is 16.3. The first-order valence-corrected chi connectivity index (χ1v) is 8.98. The molecule has 1 fully saturated rings. The molecule has 0 saturated carbocycles. The van der Waals surface area contributed by atoms with Crippen molar-refractivity contribution in [2.24, 2.45) is 0 Å². The third-order valence-corrected chi connectivity index (χ3v) is 4.61. The van der Waals surface area contributed by atoms with Gasteiger partial charge in [0.05, 0.1) is 11.9 Å². The van der Waals surface area contributed by atoms with E-state index in [-0.39, 0.29) is 23.5 Å². The highest BCUT2D eigenvalue weighted by molar-refractivity contribution is 5.96. The average molecular weight is 380 g/mol. The molecule has 3 aromatic rings. The summed E-state index contributed by atoms with van der Waals surface area (Å²) in [5.74, 6) is 0.743. The van der Waals surface area contributed by atoms with Gasteiger partial charge in [0.1, 0.15) is 12.0 Å². The number of nitrogen functional groups attached to an aromatic ring is 1. The number of hydrogen-bond donors (Lipinski definition) is 2. The maximum Gasteiger partial charge on any atom is 0.273 e.